The van der Waals surface area contributed by atoms with Gasteiger partial charge >= 0.3 is 6.01 Å². The average molecular weight is 562 g/mol. The van der Waals surface area contributed by atoms with Crippen molar-refractivity contribution in [3.05, 3.63) is 59.1 Å². The lowest BCUT2D eigenvalue weighted by Crippen LogP contribution is -2.22. The smallest absolute Gasteiger partial charge is 0.326 e. The molecule has 0 aliphatic heterocycles. The minimum atomic E-state index is -1.26. The maximum absolute atomic E-state index is 14.3. The fraction of sp³-hybridized carbons (Fsp3) is 0.346. The summed E-state index contributed by atoms with van der Waals surface area (Å²) in [7, 11) is -1.26. The van der Waals surface area contributed by atoms with Crippen LogP contribution in [0, 0.1) is 11.6 Å². The zero-order valence-electron chi connectivity index (χ0n) is 21.6. The number of aliphatic hydroxyl groups is 1. The highest BCUT2D eigenvalue weighted by Crippen LogP contribution is 2.37. The third kappa shape index (κ3) is 6.77. The lowest BCUT2D eigenvalue weighted by Gasteiger charge is -2.15. The second-order valence-electron chi connectivity index (χ2n) is 10.2. The standard InChI is InChI=1S/C26H30ClF2N5O3Si/c1-16(35)15-30-24-22-23(18-8-5-6-9-19(18)27)33-34(36-12-7-13-38(2,3)4)25(22)32-26(31-24)37-21-11-10-17(28)14-20(21)29/h5-6,8-11,14,16,35H,7,12-13,15H2,1-4H3,(H,30,31,32). The van der Waals surface area contributed by atoms with E-state index in [4.69, 9.17) is 21.2 Å². The molecular formula is C26H30ClF2N5O3Si. The minimum Gasteiger partial charge on any atom is -0.421 e. The van der Waals surface area contributed by atoms with E-state index >= 15 is 0 Å². The molecule has 8 nitrogen and oxygen atoms in total. The van der Waals surface area contributed by atoms with Crippen molar-refractivity contribution in [2.75, 3.05) is 18.5 Å². The molecule has 1 unspecified atom stereocenters. The van der Waals surface area contributed by atoms with Crippen LogP contribution in [0.2, 0.25) is 30.7 Å². The summed E-state index contributed by atoms with van der Waals surface area (Å²) in [6, 6.07) is 11.0. The quantitative estimate of drug-likeness (QED) is 0.167. The van der Waals surface area contributed by atoms with E-state index < -0.39 is 25.8 Å². The van der Waals surface area contributed by atoms with Crippen molar-refractivity contribution >= 4 is 36.5 Å². The summed E-state index contributed by atoms with van der Waals surface area (Å²) in [5.41, 5.74) is 1.35. The Balaban J connectivity index is 1.83. The topological polar surface area (TPSA) is 94.3 Å². The Bertz CT molecular complexity index is 1430. The van der Waals surface area contributed by atoms with E-state index in [9.17, 15) is 13.9 Å². The fourth-order valence-electron chi connectivity index (χ4n) is 3.73. The van der Waals surface area contributed by atoms with Gasteiger partial charge in [0.1, 0.15) is 23.9 Å². The molecular weight excluding hydrogens is 532 g/mol. The van der Waals surface area contributed by atoms with E-state index in [1.165, 1.54) is 4.85 Å². The summed E-state index contributed by atoms with van der Waals surface area (Å²) in [5.74, 6) is -1.61. The van der Waals surface area contributed by atoms with Crippen LogP contribution < -0.4 is 14.9 Å². The molecule has 2 heterocycles. The van der Waals surface area contributed by atoms with Gasteiger partial charge in [-0.25, -0.2) is 8.78 Å². The van der Waals surface area contributed by atoms with Crippen LogP contribution in [0.15, 0.2) is 42.5 Å². The minimum absolute atomic E-state index is 0.153. The molecule has 0 saturated heterocycles. The fourth-order valence-corrected chi connectivity index (χ4v) is 5.16. The van der Waals surface area contributed by atoms with Gasteiger partial charge in [-0.3, -0.25) is 0 Å². The molecule has 0 aliphatic carbocycles. The van der Waals surface area contributed by atoms with E-state index in [0.717, 1.165) is 24.6 Å². The molecule has 0 fully saturated rings. The maximum atomic E-state index is 14.3. The zero-order valence-corrected chi connectivity index (χ0v) is 23.4. The van der Waals surface area contributed by atoms with Crippen molar-refractivity contribution in [1.82, 2.24) is 19.9 Å². The summed E-state index contributed by atoms with van der Waals surface area (Å²) >= 11 is 6.51. The molecule has 202 valence electrons. The Labute approximate surface area is 225 Å². The number of ether oxygens (including phenoxy) is 1. The third-order valence-electron chi connectivity index (χ3n) is 5.55. The van der Waals surface area contributed by atoms with Crippen LogP contribution in [0.4, 0.5) is 14.6 Å². The average Bonchev–Trinajstić information content (AvgIpc) is 3.20. The second-order valence-corrected chi connectivity index (χ2v) is 16.2. The molecule has 0 radical (unpaired) electrons. The molecule has 0 spiro atoms. The first kappa shape index (κ1) is 27.7. The third-order valence-corrected chi connectivity index (χ3v) is 7.74. The van der Waals surface area contributed by atoms with Gasteiger partial charge in [-0.1, -0.05) is 60.3 Å². The van der Waals surface area contributed by atoms with E-state index in [-0.39, 0.29) is 29.8 Å². The van der Waals surface area contributed by atoms with Crippen molar-refractivity contribution in [1.29, 1.82) is 0 Å². The zero-order chi connectivity index (χ0) is 27.4. The Morgan fingerprint density at radius 3 is 2.58 bits per heavy atom. The van der Waals surface area contributed by atoms with Crippen LogP contribution in [0.25, 0.3) is 22.3 Å². The summed E-state index contributed by atoms with van der Waals surface area (Å²) in [6.07, 6.45) is 0.136. The van der Waals surface area contributed by atoms with Gasteiger partial charge in [0.2, 0.25) is 5.65 Å². The molecule has 0 saturated carbocycles. The van der Waals surface area contributed by atoms with Gasteiger partial charge in [0.25, 0.3) is 0 Å². The molecule has 12 heteroatoms. The largest absolute Gasteiger partial charge is 0.421 e. The van der Waals surface area contributed by atoms with Crippen LogP contribution in [0.5, 0.6) is 11.8 Å². The van der Waals surface area contributed by atoms with Crippen LogP contribution in [0.1, 0.15) is 13.3 Å². The van der Waals surface area contributed by atoms with E-state index in [0.29, 0.717) is 34.3 Å². The van der Waals surface area contributed by atoms with E-state index in [1.807, 2.05) is 18.2 Å². The summed E-state index contributed by atoms with van der Waals surface area (Å²) in [6.45, 7) is 9.04. The number of hydrogen-bond acceptors (Lipinski definition) is 7. The van der Waals surface area contributed by atoms with Gasteiger partial charge < -0.3 is 20.0 Å². The van der Waals surface area contributed by atoms with Crippen molar-refractivity contribution in [3.8, 4) is 23.0 Å². The van der Waals surface area contributed by atoms with Crippen LogP contribution in [0.3, 0.4) is 0 Å². The van der Waals surface area contributed by atoms with Gasteiger partial charge in [0, 0.05) is 26.2 Å². The number of anilines is 1. The summed E-state index contributed by atoms with van der Waals surface area (Å²) < 4.78 is 33.3. The Morgan fingerprint density at radius 1 is 1.13 bits per heavy atom. The normalized spacial score (nSPS) is 12.5. The lowest BCUT2D eigenvalue weighted by atomic mass is 10.1. The van der Waals surface area contributed by atoms with Crippen molar-refractivity contribution < 1.29 is 23.5 Å². The number of nitrogens with one attached hydrogen (secondary N) is 1. The van der Waals surface area contributed by atoms with Crippen LogP contribution in [-0.2, 0) is 0 Å². The number of halogens is 3. The number of benzene rings is 2. The Morgan fingerprint density at radius 2 is 1.89 bits per heavy atom. The van der Waals surface area contributed by atoms with Crippen LogP contribution >= 0.6 is 11.6 Å². The van der Waals surface area contributed by atoms with E-state index in [1.54, 1.807) is 13.0 Å². The highest BCUT2D eigenvalue weighted by molar-refractivity contribution is 6.76. The van der Waals surface area contributed by atoms with Crippen LogP contribution in [-0.4, -0.2) is 52.3 Å². The molecule has 4 rings (SSSR count). The van der Waals surface area contributed by atoms with E-state index in [2.05, 4.69) is 40.0 Å². The molecule has 38 heavy (non-hydrogen) atoms. The lowest BCUT2D eigenvalue weighted by molar-refractivity contribution is 0.0912. The Kier molecular flexibility index (Phi) is 8.49. The van der Waals surface area contributed by atoms with Gasteiger partial charge in [-0.15, -0.1) is 5.10 Å². The van der Waals surface area contributed by atoms with Crippen molar-refractivity contribution in [2.24, 2.45) is 0 Å². The predicted octanol–water partition coefficient (Wildman–Crippen LogP) is 6.17. The highest BCUT2D eigenvalue weighted by Gasteiger charge is 2.24. The molecule has 2 N–H and O–H groups in total. The number of rotatable bonds is 11. The number of hydrogen-bond donors (Lipinski definition) is 2. The van der Waals surface area contributed by atoms with Gasteiger partial charge in [-0.05, 0) is 31.5 Å². The molecule has 4 aromatic rings. The number of aliphatic hydroxyl groups excluding tert-OH is 1. The second kappa shape index (κ2) is 11.6. The van der Waals surface area contributed by atoms with Gasteiger partial charge in [0.05, 0.1) is 16.5 Å². The van der Waals surface area contributed by atoms with Crippen molar-refractivity contribution in [2.45, 2.75) is 45.1 Å². The number of nitrogens with zero attached hydrogens (tertiary/aromatic N) is 4. The van der Waals surface area contributed by atoms with Gasteiger partial charge in [0.15, 0.2) is 11.6 Å². The maximum Gasteiger partial charge on any atom is 0.326 e. The van der Waals surface area contributed by atoms with Gasteiger partial charge in [-0.2, -0.15) is 9.97 Å². The highest BCUT2D eigenvalue weighted by atomic mass is 35.5. The number of fused-ring (bicyclic) bond motifs is 1. The summed E-state index contributed by atoms with van der Waals surface area (Å²) in [4.78, 5) is 16.2. The molecule has 0 aliphatic rings. The molecule has 1 atom stereocenters. The van der Waals surface area contributed by atoms with Crippen molar-refractivity contribution in [3.63, 3.8) is 0 Å². The first-order valence-electron chi connectivity index (χ1n) is 12.3. The SMILES string of the molecule is CC(O)CNc1nc(Oc2ccc(F)cc2F)nc2c1c(-c1ccccc1Cl)nn2OCCC[Si](C)(C)C. The molecule has 0 bridgehead atoms. The summed E-state index contributed by atoms with van der Waals surface area (Å²) in [5, 5.41) is 18.6. The molecule has 2 aromatic carbocycles. The molecule has 2 aromatic heterocycles. The number of aromatic nitrogens is 4. The monoisotopic (exact) mass is 561 g/mol. The first-order chi connectivity index (χ1) is 18.0. The first-order valence-corrected chi connectivity index (χ1v) is 16.3. The molecule has 0 amide bonds. The Hall–Kier alpha value is -3.28. The predicted molar refractivity (Wildman–Crippen MR) is 147 cm³/mol.